The molecule has 0 bridgehead atoms. The second-order valence-corrected chi connectivity index (χ2v) is 8.89. The first-order chi connectivity index (χ1) is 16.4. The summed E-state index contributed by atoms with van der Waals surface area (Å²) in [7, 11) is 0. The van der Waals surface area contributed by atoms with Gasteiger partial charge >= 0.3 is 0 Å². The molecule has 34 heavy (non-hydrogen) atoms. The molecule has 3 N–H and O–H groups in total. The Morgan fingerprint density at radius 1 is 1.18 bits per heavy atom. The molecule has 2 atom stereocenters. The van der Waals surface area contributed by atoms with Crippen LogP contribution in [0, 0.1) is 5.82 Å². The van der Waals surface area contributed by atoms with Crippen LogP contribution in [0.25, 0.3) is 0 Å². The summed E-state index contributed by atoms with van der Waals surface area (Å²) in [6.45, 7) is 5.48. The standard InChI is InChI=1S/C23H27F3N6O2/c1-12(14-3-2-4-15(19(14)24)20(25)26)29-22-16-10-32(23(33)18-9-27-5-6-34-18)11-17(16)30-21(31-22)13-7-28-8-13/h2-4,12-13,18,20,27-28H,5-11H2,1H3,(H,29,30,31)/t12-,18?/m1/s1. The fraction of sp³-hybridized carbons (Fsp3) is 0.522. The lowest BCUT2D eigenvalue weighted by Gasteiger charge is -2.27. The number of alkyl halides is 2. The number of fused-ring (bicyclic) bond motifs is 1. The minimum absolute atomic E-state index is 0.119. The molecule has 1 aromatic heterocycles. The Hall–Kier alpha value is -2.76. The molecule has 2 aromatic rings. The quantitative estimate of drug-likeness (QED) is 0.589. The van der Waals surface area contributed by atoms with E-state index in [9.17, 15) is 18.0 Å². The van der Waals surface area contributed by atoms with Crippen LogP contribution in [0.4, 0.5) is 19.0 Å². The maximum atomic E-state index is 14.8. The number of halogens is 3. The zero-order valence-corrected chi connectivity index (χ0v) is 18.8. The molecule has 11 heteroatoms. The van der Waals surface area contributed by atoms with Crippen LogP contribution in [0.3, 0.4) is 0 Å². The van der Waals surface area contributed by atoms with Crippen LogP contribution in [-0.2, 0) is 22.6 Å². The van der Waals surface area contributed by atoms with Gasteiger partial charge in [0.25, 0.3) is 12.3 Å². The van der Waals surface area contributed by atoms with E-state index in [4.69, 9.17) is 14.7 Å². The van der Waals surface area contributed by atoms with Crippen LogP contribution >= 0.6 is 0 Å². The second kappa shape index (κ2) is 9.47. The number of amides is 1. The molecule has 1 amide bonds. The highest BCUT2D eigenvalue weighted by atomic mass is 19.3. The van der Waals surface area contributed by atoms with Crippen molar-refractivity contribution in [3.8, 4) is 0 Å². The molecule has 1 unspecified atom stereocenters. The van der Waals surface area contributed by atoms with E-state index in [1.807, 2.05) is 0 Å². The maximum Gasteiger partial charge on any atom is 0.266 e. The molecule has 0 aliphatic carbocycles. The number of aromatic nitrogens is 2. The monoisotopic (exact) mass is 476 g/mol. The van der Waals surface area contributed by atoms with Gasteiger partial charge in [-0.2, -0.15) is 0 Å². The van der Waals surface area contributed by atoms with Gasteiger partial charge in [0.2, 0.25) is 0 Å². The van der Waals surface area contributed by atoms with Crippen LogP contribution in [0.15, 0.2) is 18.2 Å². The minimum atomic E-state index is -2.90. The first-order valence-electron chi connectivity index (χ1n) is 11.5. The van der Waals surface area contributed by atoms with E-state index < -0.39 is 30.0 Å². The number of rotatable bonds is 6. The summed E-state index contributed by atoms with van der Waals surface area (Å²) in [5.74, 6) is 0.255. The van der Waals surface area contributed by atoms with Gasteiger partial charge in [-0.15, -0.1) is 0 Å². The van der Waals surface area contributed by atoms with Crippen LogP contribution in [0.2, 0.25) is 0 Å². The Morgan fingerprint density at radius 2 is 1.97 bits per heavy atom. The number of morpholine rings is 1. The van der Waals surface area contributed by atoms with Gasteiger partial charge < -0.3 is 25.6 Å². The second-order valence-electron chi connectivity index (χ2n) is 8.89. The fourth-order valence-corrected chi connectivity index (χ4v) is 4.48. The number of nitrogens with zero attached hydrogens (tertiary/aromatic N) is 3. The third kappa shape index (κ3) is 4.35. The fourth-order valence-electron chi connectivity index (χ4n) is 4.48. The number of hydrogen-bond acceptors (Lipinski definition) is 7. The number of hydrogen-bond donors (Lipinski definition) is 3. The largest absolute Gasteiger partial charge is 0.366 e. The maximum absolute atomic E-state index is 14.8. The summed E-state index contributed by atoms with van der Waals surface area (Å²) < 4.78 is 46.8. The van der Waals surface area contributed by atoms with Gasteiger partial charge in [0.05, 0.1) is 37.0 Å². The zero-order valence-electron chi connectivity index (χ0n) is 18.8. The average molecular weight is 477 g/mol. The van der Waals surface area contributed by atoms with Crippen molar-refractivity contribution < 1.29 is 22.7 Å². The Labute approximate surface area is 195 Å². The summed E-state index contributed by atoms with van der Waals surface area (Å²) in [5.41, 5.74) is 0.999. The topological polar surface area (TPSA) is 91.4 Å². The van der Waals surface area contributed by atoms with Gasteiger partial charge in [-0.25, -0.2) is 23.1 Å². The highest BCUT2D eigenvalue weighted by Crippen LogP contribution is 2.34. The Bertz CT molecular complexity index is 1070. The van der Waals surface area contributed by atoms with Gasteiger partial charge in [-0.3, -0.25) is 4.79 Å². The molecule has 0 radical (unpaired) electrons. The Morgan fingerprint density at radius 3 is 2.65 bits per heavy atom. The summed E-state index contributed by atoms with van der Waals surface area (Å²) >= 11 is 0. The van der Waals surface area contributed by atoms with Crippen LogP contribution in [-0.4, -0.2) is 59.7 Å². The van der Waals surface area contributed by atoms with Crippen molar-refractivity contribution in [2.45, 2.75) is 44.5 Å². The molecule has 5 rings (SSSR count). The SMILES string of the molecule is C[C@@H](Nc1nc(C2CNC2)nc2c1CN(C(=O)C1CNCCO1)C2)c1cccc(C(F)F)c1F. The highest BCUT2D eigenvalue weighted by molar-refractivity contribution is 5.82. The number of anilines is 1. The first kappa shape index (κ1) is 23.0. The Kier molecular flexibility index (Phi) is 6.41. The van der Waals surface area contributed by atoms with Crippen molar-refractivity contribution in [2.24, 2.45) is 0 Å². The number of nitrogens with one attached hydrogen (secondary N) is 3. The molecule has 0 saturated carbocycles. The van der Waals surface area contributed by atoms with Crippen molar-refractivity contribution in [3.63, 3.8) is 0 Å². The van der Waals surface area contributed by atoms with E-state index in [-0.39, 0.29) is 17.4 Å². The van der Waals surface area contributed by atoms with Gasteiger partial charge in [-0.1, -0.05) is 18.2 Å². The first-order valence-corrected chi connectivity index (χ1v) is 11.5. The van der Waals surface area contributed by atoms with Gasteiger partial charge in [0, 0.05) is 43.2 Å². The molecular formula is C23H27F3N6O2. The van der Waals surface area contributed by atoms with E-state index in [1.165, 1.54) is 12.1 Å². The van der Waals surface area contributed by atoms with Crippen LogP contribution in [0.5, 0.6) is 0 Å². The van der Waals surface area contributed by atoms with Crippen molar-refractivity contribution in [3.05, 3.63) is 52.2 Å². The van der Waals surface area contributed by atoms with Gasteiger partial charge in [-0.05, 0) is 6.92 Å². The molecule has 3 aliphatic rings. The summed E-state index contributed by atoms with van der Waals surface area (Å²) in [5, 5.41) is 9.57. The number of carbonyl (C=O) groups excluding carboxylic acids is 1. The summed E-state index contributed by atoms with van der Waals surface area (Å²) in [6, 6.07) is 3.37. The molecule has 0 spiro atoms. The molecule has 3 aliphatic heterocycles. The van der Waals surface area contributed by atoms with E-state index >= 15 is 0 Å². The van der Waals surface area contributed by atoms with Crippen molar-refractivity contribution in [1.82, 2.24) is 25.5 Å². The zero-order chi connectivity index (χ0) is 23.8. The molecular weight excluding hydrogens is 449 g/mol. The third-order valence-electron chi connectivity index (χ3n) is 6.57. The third-order valence-corrected chi connectivity index (χ3v) is 6.57. The molecule has 8 nitrogen and oxygen atoms in total. The van der Waals surface area contributed by atoms with E-state index in [2.05, 4.69) is 16.0 Å². The lowest BCUT2D eigenvalue weighted by Crippen LogP contribution is -2.48. The smallest absolute Gasteiger partial charge is 0.266 e. The predicted molar refractivity (Wildman–Crippen MR) is 118 cm³/mol. The lowest BCUT2D eigenvalue weighted by molar-refractivity contribution is -0.145. The predicted octanol–water partition coefficient (Wildman–Crippen LogP) is 2.24. The van der Waals surface area contributed by atoms with Crippen molar-refractivity contribution in [2.75, 3.05) is 38.1 Å². The minimum Gasteiger partial charge on any atom is -0.366 e. The number of carbonyl (C=O) groups is 1. The van der Waals surface area contributed by atoms with E-state index in [1.54, 1.807) is 11.8 Å². The van der Waals surface area contributed by atoms with Gasteiger partial charge in [0.1, 0.15) is 23.6 Å². The van der Waals surface area contributed by atoms with E-state index in [0.717, 1.165) is 30.4 Å². The summed E-state index contributed by atoms with van der Waals surface area (Å²) in [6.07, 6.45) is -3.45. The molecule has 2 saturated heterocycles. The number of benzene rings is 1. The molecule has 4 heterocycles. The summed E-state index contributed by atoms with van der Waals surface area (Å²) in [4.78, 5) is 24.2. The average Bonchev–Trinajstić information content (AvgIpc) is 3.22. The van der Waals surface area contributed by atoms with Crippen molar-refractivity contribution in [1.29, 1.82) is 0 Å². The Balaban J connectivity index is 1.42. The van der Waals surface area contributed by atoms with Crippen molar-refractivity contribution >= 4 is 11.7 Å². The highest BCUT2D eigenvalue weighted by Gasteiger charge is 2.35. The van der Waals surface area contributed by atoms with Crippen LogP contribution in [0.1, 0.15) is 53.5 Å². The lowest BCUT2D eigenvalue weighted by atomic mass is 10.0. The van der Waals surface area contributed by atoms with Crippen LogP contribution < -0.4 is 16.0 Å². The molecule has 182 valence electrons. The van der Waals surface area contributed by atoms with E-state index in [0.29, 0.717) is 44.4 Å². The normalized spacial score (nSPS) is 21.3. The number of ether oxygens (including phenoxy) is 1. The van der Waals surface area contributed by atoms with Gasteiger partial charge in [0.15, 0.2) is 0 Å². The molecule has 1 aromatic carbocycles. The molecule has 2 fully saturated rings.